The van der Waals surface area contributed by atoms with Gasteiger partial charge in [0.15, 0.2) is 0 Å². The standard InChI is InChI=1S/C10H20N2O/c1-3-12(10(11)13)9-6-4-8(2)5-7-9/h8-9H,3-7H2,1-2H3,(H2,11,13). The van der Waals surface area contributed by atoms with Crippen LogP contribution < -0.4 is 5.73 Å². The van der Waals surface area contributed by atoms with Gasteiger partial charge in [0.25, 0.3) is 0 Å². The Labute approximate surface area is 80.3 Å². The average molecular weight is 184 g/mol. The molecule has 1 fully saturated rings. The summed E-state index contributed by atoms with van der Waals surface area (Å²) in [5.74, 6) is 0.822. The Balaban J connectivity index is 2.46. The number of rotatable bonds is 2. The Bertz CT molecular complexity index is 174. The number of carbonyl (C=O) groups is 1. The summed E-state index contributed by atoms with van der Waals surface area (Å²) < 4.78 is 0. The zero-order valence-corrected chi connectivity index (χ0v) is 8.62. The lowest BCUT2D eigenvalue weighted by Crippen LogP contribution is -2.44. The van der Waals surface area contributed by atoms with E-state index < -0.39 is 0 Å². The monoisotopic (exact) mass is 184 g/mol. The van der Waals surface area contributed by atoms with E-state index in [-0.39, 0.29) is 6.03 Å². The zero-order chi connectivity index (χ0) is 9.84. The lowest BCUT2D eigenvalue weighted by Gasteiger charge is -2.34. The highest BCUT2D eigenvalue weighted by atomic mass is 16.2. The molecule has 0 heterocycles. The van der Waals surface area contributed by atoms with Crippen molar-refractivity contribution in [3.8, 4) is 0 Å². The quantitative estimate of drug-likeness (QED) is 0.700. The summed E-state index contributed by atoms with van der Waals surface area (Å²) in [6.07, 6.45) is 4.71. The van der Waals surface area contributed by atoms with Gasteiger partial charge in [-0.05, 0) is 38.5 Å². The number of urea groups is 1. The molecule has 0 spiro atoms. The molecule has 1 aliphatic carbocycles. The molecule has 0 aliphatic heterocycles. The fourth-order valence-corrected chi connectivity index (χ4v) is 2.15. The molecule has 0 aromatic rings. The van der Waals surface area contributed by atoms with Gasteiger partial charge in [0.2, 0.25) is 0 Å². The first-order valence-electron chi connectivity index (χ1n) is 5.21. The van der Waals surface area contributed by atoms with E-state index in [2.05, 4.69) is 6.92 Å². The van der Waals surface area contributed by atoms with Gasteiger partial charge in [0.1, 0.15) is 0 Å². The molecule has 3 heteroatoms. The lowest BCUT2D eigenvalue weighted by molar-refractivity contribution is 0.157. The minimum Gasteiger partial charge on any atom is -0.351 e. The second kappa shape index (κ2) is 4.49. The number of hydrogen-bond acceptors (Lipinski definition) is 1. The third-order valence-electron chi connectivity index (χ3n) is 3.05. The Morgan fingerprint density at radius 2 is 1.92 bits per heavy atom. The molecule has 0 radical (unpaired) electrons. The Morgan fingerprint density at radius 3 is 2.31 bits per heavy atom. The van der Waals surface area contributed by atoms with Gasteiger partial charge in [-0.25, -0.2) is 4.79 Å². The fraction of sp³-hybridized carbons (Fsp3) is 0.900. The summed E-state index contributed by atoms with van der Waals surface area (Å²) in [4.78, 5) is 12.9. The van der Waals surface area contributed by atoms with Gasteiger partial charge >= 0.3 is 6.03 Å². The van der Waals surface area contributed by atoms with Crippen LogP contribution in [0.5, 0.6) is 0 Å². The molecule has 76 valence electrons. The number of nitrogens with zero attached hydrogens (tertiary/aromatic N) is 1. The minimum atomic E-state index is -0.262. The molecule has 2 N–H and O–H groups in total. The van der Waals surface area contributed by atoms with E-state index in [1.54, 1.807) is 4.90 Å². The first-order valence-corrected chi connectivity index (χ1v) is 5.21. The smallest absolute Gasteiger partial charge is 0.315 e. The molecule has 0 bridgehead atoms. The predicted octanol–water partition coefficient (Wildman–Crippen LogP) is 1.97. The van der Waals surface area contributed by atoms with E-state index in [0.717, 1.165) is 25.3 Å². The zero-order valence-electron chi connectivity index (χ0n) is 8.62. The van der Waals surface area contributed by atoms with Gasteiger partial charge in [-0.2, -0.15) is 0 Å². The number of amides is 2. The molecule has 0 saturated heterocycles. The molecule has 0 aromatic carbocycles. The van der Waals surface area contributed by atoms with Crippen molar-refractivity contribution in [2.45, 2.75) is 45.6 Å². The summed E-state index contributed by atoms with van der Waals surface area (Å²) in [7, 11) is 0. The van der Waals surface area contributed by atoms with E-state index in [1.807, 2.05) is 6.92 Å². The van der Waals surface area contributed by atoms with Gasteiger partial charge in [0.05, 0.1) is 0 Å². The number of hydrogen-bond donors (Lipinski definition) is 1. The van der Waals surface area contributed by atoms with Gasteiger partial charge in [-0.3, -0.25) is 0 Å². The van der Waals surface area contributed by atoms with Crippen LogP contribution in [-0.4, -0.2) is 23.5 Å². The van der Waals surface area contributed by atoms with E-state index in [9.17, 15) is 4.79 Å². The SMILES string of the molecule is CCN(C(N)=O)C1CCC(C)CC1. The topological polar surface area (TPSA) is 46.3 Å². The van der Waals surface area contributed by atoms with Crippen molar-refractivity contribution in [3.05, 3.63) is 0 Å². The van der Waals surface area contributed by atoms with Crippen molar-refractivity contribution in [2.75, 3.05) is 6.54 Å². The van der Waals surface area contributed by atoms with Crippen LogP contribution in [0.1, 0.15) is 39.5 Å². The molecule has 2 amide bonds. The maximum Gasteiger partial charge on any atom is 0.315 e. The molecule has 13 heavy (non-hydrogen) atoms. The third kappa shape index (κ3) is 2.61. The highest BCUT2D eigenvalue weighted by molar-refractivity contribution is 5.72. The lowest BCUT2D eigenvalue weighted by atomic mass is 9.87. The summed E-state index contributed by atoms with van der Waals surface area (Å²) in [6.45, 7) is 5.01. The summed E-state index contributed by atoms with van der Waals surface area (Å²) in [5, 5.41) is 0. The Morgan fingerprint density at radius 1 is 1.38 bits per heavy atom. The van der Waals surface area contributed by atoms with Crippen LogP contribution in [-0.2, 0) is 0 Å². The van der Waals surface area contributed by atoms with Gasteiger partial charge in [-0.15, -0.1) is 0 Å². The van der Waals surface area contributed by atoms with Crippen LogP contribution in [0.25, 0.3) is 0 Å². The van der Waals surface area contributed by atoms with Crippen LogP contribution in [0.15, 0.2) is 0 Å². The summed E-state index contributed by atoms with van der Waals surface area (Å²) in [6, 6.07) is 0.140. The van der Waals surface area contributed by atoms with E-state index in [0.29, 0.717) is 6.04 Å². The molecule has 1 saturated carbocycles. The maximum absolute atomic E-state index is 11.1. The van der Waals surface area contributed by atoms with Crippen molar-refractivity contribution in [1.82, 2.24) is 4.90 Å². The van der Waals surface area contributed by atoms with Crippen LogP contribution in [0.3, 0.4) is 0 Å². The highest BCUT2D eigenvalue weighted by Crippen LogP contribution is 2.26. The largest absolute Gasteiger partial charge is 0.351 e. The Kier molecular flexibility index (Phi) is 3.58. The summed E-state index contributed by atoms with van der Waals surface area (Å²) >= 11 is 0. The number of nitrogens with two attached hydrogens (primary N) is 1. The normalized spacial score (nSPS) is 28.5. The van der Waals surface area contributed by atoms with Crippen molar-refractivity contribution in [3.63, 3.8) is 0 Å². The molecule has 0 aromatic heterocycles. The second-order valence-electron chi connectivity index (χ2n) is 4.04. The molecule has 0 atom stereocenters. The van der Waals surface area contributed by atoms with Crippen LogP contribution in [0.2, 0.25) is 0 Å². The van der Waals surface area contributed by atoms with Gasteiger partial charge in [-0.1, -0.05) is 6.92 Å². The maximum atomic E-state index is 11.1. The van der Waals surface area contributed by atoms with E-state index in [1.165, 1.54) is 12.8 Å². The van der Waals surface area contributed by atoms with Crippen LogP contribution >= 0.6 is 0 Å². The average Bonchev–Trinajstić information content (AvgIpc) is 2.09. The van der Waals surface area contributed by atoms with E-state index in [4.69, 9.17) is 5.73 Å². The highest BCUT2D eigenvalue weighted by Gasteiger charge is 2.24. The minimum absolute atomic E-state index is 0.262. The third-order valence-corrected chi connectivity index (χ3v) is 3.05. The second-order valence-corrected chi connectivity index (χ2v) is 4.04. The van der Waals surface area contributed by atoms with Crippen molar-refractivity contribution >= 4 is 6.03 Å². The van der Waals surface area contributed by atoms with Crippen molar-refractivity contribution < 1.29 is 4.79 Å². The Hall–Kier alpha value is -0.730. The van der Waals surface area contributed by atoms with Crippen LogP contribution in [0, 0.1) is 5.92 Å². The van der Waals surface area contributed by atoms with Crippen molar-refractivity contribution in [1.29, 1.82) is 0 Å². The molecular formula is C10H20N2O. The van der Waals surface area contributed by atoms with Gasteiger partial charge < -0.3 is 10.6 Å². The first kappa shape index (κ1) is 10.4. The van der Waals surface area contributed by atoms with E-state index >= 15 is 0 Å². The first-order chi connectivity index (χ1) is 6.15. The molecule has 3 nitrogen and oxygen atoms in total. The van der Waals surface area contributed by atoms with Gasteiger partial charge in [0, 0.05) is 12.6 Å². The number of primary amides is 1. The van der Waals surface area contributed by atoms with Crippen LogP contribution in [0.4, 0.5) is 4.79 Å². The molecule has 1 rings (SSSR count). The number of carbonyl (C=O) groups excluding carboxylic acids is 1. The molecule has 0 unspecified atom stereocenters. The fourth-order valence-electron chi connectivity index (χ4n) is 2.15. The van der Waals surface area contributed by atoms with Crippen molar-refractivity contribution in [2.24, 2.45) is 11.7 Å². The predicted molar refractivity (Wildman–Crippen MR) is 53.4 cm³/mol. The summed E-state index contributed by atoms with van der Waals surface area (Å²) in [5.41, 5.74) is 5.30. The molecule has 1 aliphatic rings. The molecular weight excluding hydrogens is 164 g/mol.